The smallest absolute Gasteiger partial charge is 0.303 e. The number of rotatable bonds is 7. The summed E-state index contributed by atoms with van der Waals surface area (Å²) in [5.74, 6) is -1.58. The minimum Gasteiger partial charge on any atom is -0.481 e. The standard InChI is InChI=1S/C20H22N2O4/c1-13-10-11-15(12-14(13)2)21-20(26)16-6-3-4-7-17(16)22-18(23)8-5-9-19(24)25/h3-4,6-7,10-12H,5,8-9H2,1-2H3,(H,21,26)(H,22,23)(H,24,25). The summed E-state index contributed by atoms with van der Waals surface area (Å²) in [5, 5.41) is 14.1. The van der Waals surface area contributed by atoms with Gasteiger partial charge in [-0.3, -0.25) is 14.4 Å². The van der Waals surface area contributed by atoms with Crippen LogP contribution in [-0.2, 0) is 9.59 Å². The molecular formula is C20H22N2O4. The van der Waals surface area contributed by atoms with Gasteiger partial charge in [0.15, 0.2) is 0 Å². The van der Waals surface area contributed by atoms with Gasteiger partial charge in [-0.15, -0.1) is 0 Å². The molecule has 3 N–H and O–H groups in total. The van der Waals surface area contributed by atoms with E-state index in [1.807, 2.05) is 32.0 Å². The Morgan fingerprint density at radius 1 is 0.923 bits per heavy atom. The molecule has 0 spiro atoms. The van der Waals surface area contributed by atoms with Crippen molar-refractivity contribution in [3.05, 3.63) is 59.2 Å². The first-order valence-electron chi connectivity index (χ1n) is 8.36. The van der Waals surface area contributed by atoms with Gasteiger partial charge < -0.3 is 15.7 Å². The van der Waals surface area contributed by atoms with Crippen molar-refractivity contribution in [2.75, 3.05) is 10.6 Å². The second-order valence-electron chi connectivity index (χ2n) is 6.09. The Morgan fingerprint density at radius 2 is 1.65 bits per heavy atom. The molecule has 2 aromatic carbocycles. The lowest BCUT2D eigenvalue weighted by Crippen LogP contribution is -2.18. The zero-order chi connectivity index (χ0) is 19.1. The SMILES string of the molecule is Cc1ccc(NC(=O)c2ccccc2NC(=O)CCCC(=O)O)cc1C. The third-order valence-electron chi connectivity index (χ3n) is 4.01. The van der Waals surface area contributed by atoms with Crippen LogP contribution in [-0.4, -0.2) is 22.9 Å². The van der Waals surface area contributed by atoms with Crippen molar-refractivity contribution < 1.29 is 19.5 Å². The molecule has 0 radical (unpaired) electrons. The molecule has 0 unspecified atom stereocenters. The number of benzene rings is 2. The van der Waals surface area contributed by atoms with Crippen molar-refractivity contribution in [3.63, 3.8) is 0 Å². The van der Waals surface area contributed by atoms with Crippen LogP contribution < -0.4 is 10.6 Å². The number of anilines is 2. The van der Waals surface area contributed by atoms with Crippen LogP contribution in [0.3, 0.4) is 0 Å². The van der Waals surface area contributed by atoms with Crippen LogP contribution in [0.5, 0.6) is 0 Å². The van der Waals surface area contributed by atoms with Crippen molar-refractivity contribution in [2.24, 2.45) is 0 Å². The van der Waals surface area contributed by atoms with E-state index in [2.05, 4.69) is 10.6 Å². The van der Waals surface area contributed by atoms with Gasteiger partial charge in [0.25, 0.3) is 5.91 Å². The number of amides is 2. The van der Waals surface area contributed by atoms with Crippen molar-refractivity contribution in [1.82, 2.24) is 0 Å². The summed E-state index contributed by atoms with van der Waals surface area (Å²) in [5.41, 5.74) is 3.63. The first kappa shape index (κ1) is 19.2. The summed E-state index contributed by atoms with van der Waals surface area (Å²) in [6, 6.07) is 12.4. The fourth-order valence-electron chi connectivity index (χ4n) is 2.42. The van der Waals surface area contributed by atoms with E-state index in [-0.39, 0.29) is 31.1 Å². The van der Waals surface area contributed by atoms with E-state index in [9.17, 15) is 14.4 Å². The van der Waals surface area contributed by atoms with Gasteiger partial charge in [0, 0.05) is 18.5 Å². The third kappa shape index (κ3) is 5.44. The molecule has 0 aliphatic heterocycles. The summed E-state index contributed by atoms with van der Waals surface area (Å²) in [6.07, 6.45) is 0.264. The number of nitrogens with one attached hydrogen (secondary N) is 2. The zero-order valence-electron chi connectivity index (χ0n) is 14.8. The second kappa shape index (κ2) is 8.80. The van der Waals surface area contributed by atoms with Gasteiger partial charge in [0.05, 0.1) is 11.3 Å². The van der Waals surface area contributed by atoms with E-state index in [1.54, 1.807) is 24.3 Å². The summed E-state index contributed by atoms with van der Waals surface area (Å²) in [7, 11) is 0. The van der Waals surface area contributed by atoms with Crippen LogP contribution in [0.4, 0.5) is 11.4 Å². The van der Waals surface area contributed by atoms with Crippen molar-refractivity contribution in [3.8, 4) is 0 Å². The van der Waals surface area contributed by atoms with Crippen molar-refractivity contribution in [2.45, 2.75) is 33.1 Å². The average Bonchev–Trinajstić information content (AvgIpc) is 2.58. The van der Waals surface area contributed by atoms with E-state index >= 15 is 0 Å². The normalized spacial score (nSPS) is 10.2. The van der Waals surface area contributed by atoms with Gasteiger partial charge in [-0.2, -0.15) is 0 Å². The van der Waals surface area contributed by atoms with Crippen LogP contribution in [0, 0.1) is 13.8 Å². The highest BCUT2D eigenvalue weighted by Gasteiger charge is 2.14. The Hall–Kier alpha value is -3.15. The number of hydrogen-bond donors (Lipinski definition) is 3. The summed E-state index contributed by atoms with van der Waals surface area (Å²) in [4.78, 5) is 35.1. The fraction of sp³-hybridized carbons (Fsp3) is 0.250. The minimum atomic E-state index is -0.939. The molecule has 0 saturated carbocycles. The van der Waals surface area contributed by atoms with Crippen LogP contribution in [0.2, 0.25) is 0 Å². The van der Waals surface area contributed by atoms with E-state index in [0.717, 1.165) is 11.1 Å². The highest BCUT2D eigenvalue weighted by Crippen LogP contribution is 2.19. The largest absolute Gasteiger partial charge is 0.481 e. The Kier molecular flexibility index (Phi) is 6.49. The molecule has 0 bridgehead atoms. The van der Waals surface area contributed by atoms with E-state index in [4.69, 9.17) is 5.11 Å². The molecule has 0 heterocycles. The molecule has 0 aliphatic rings. The fourth-order valence-corrected chi connectivity index (χ4v) is 2.42. The first-order valence-corrected chi connectivity index (χ1v) is 8.36. The molecule has 6 heteroatoms. The van der Waals surface area contributed by atoms with Crippen LogP contribution in [0.25, 0.3) is 0 Å². The van der Waals surface area contributed by atoms with E-state index in [0.29, 0.717) is 16.9 Å². The number of carbonyl (C=O) groups is 3. The summed E-state index contributed by atoms with van der Waals surface area (Å²) < 4.78 is 0. The lowest BCUT2D eigenvalue weighted by atomic mass is 10.1. The number of aryl methyl sites for hydroxylation is 2. The number of hydrogen-bond acceptors (Lipinski definition) is 3. The molecule has 0 saturated heterocycles. The van der Waals surface area contributed by atoms with Gasteiger partial charge in [-0.25, -0.2) is 0 Å². The van der Waals surface area contributed by atoms with Crippen molar-refractivity contribution in [1.29, 1.82) is 0 Å². The molecule has 0 aromatic heterocycles. The Morgan fingerprint density at radius 3 is 2.35 bits per heavy atom. The lowest BCUT2D eigenvalue weighted by molar-refractivity contribution is -0.137. The number of aliphatic carboxylic acids is 1. The van der Waals surface area contributed by atoms with Gasteiger partial charge in [-0.05, 0) is 55.7 Å². The van der Waals surface area contributed by atoms with Crippen LogP contribution in [0.1, 0.15) is 40.7 Å². The topological polar surface area (TPSA) is 95.5 Å². The molecule has 6 nitrogen and oxygen atoms in total. The van der Waals surface area contributed by atoms with E-state index in [1.165, 1.54) is 0 Å². The zero-order valence-corrected chi connectivity index (χ0v) is 14.8. The quantitative estimate of drug-likeness (QED) is 0.705. The molecule has 0 aliphatic carbocycles. The maximum absolute atomic E-state index is 12.6. The van der Waals surface area contributed by atoms with E-state index < -0.39 is 5.97 Å². The molecule has 2 rings (SSSR count). The summed E-state index contributed by atoms with van der Waals surface area (Å²) in [6.45, 7) is 3.96. The third-order valence-corrected chi connectivity index (χ3v) is 4.01. The Balaban J connectivity index is 2.07. The van der Waals surface area contributed by atoms with Gasteiger partial charge in [0.1, 0.15) is 0 Å². The van der Waals surface area contributed by atoms with Crippen molar-refractivity contribution >= 4 is 29.2 Å². The van der Waals surface area contributed by atoms with Crippen LogP contribution in [0.15, 0.2) is 42.5 Å². The molecule has 2 aromatic rings. The molecule has 0 fully saturated rings. The molecule has 136 valence electrons. The summed E-state index contributed by atoms with van der Waals surface area (Å²) >= 11 is 0. The molecular weight excluding hydrogens is 332 g/mol. The number of carboxylic acids is 1. The predicted molar refractivity (Wildman–Crippen MR) is 100 cm³/mol. The Labute approximate surface area is 152 Å². The monoisotopic (exact) mass is 354 g/mol. The maximum Gasteiger partial charge on any atom is 0.303 e. The highest BCUT2D eigenvalue weighted by atomic mass is 16.4. The lowest BCUT2D eigenvalue weighted by Gasteiger charge is -2.12. The highest BCUT2D eigenvalue weighted by molar-refractivity contribution is 6.10. The molecule has 2 amide bonds. The minimum absolute atomic E-state index is 0.0671. The van der Waals surface area contributed by atoms with Gasteiger partial charge in [-0.1, -0.05) is 18.2 Å². The number of para-hydroxylation sites is 1. The predicted octanol–water partition coefficient (Wildman–Crippen LogP) is 3.75. The number of carboxylic acid groups (broad SMARTS) is 1. The second-order valence-corrected chi connectivity index (χ2v) is 6.09. The first-order chi connectivity index (χ1) is 12.4. The average molecular weight is 354 g/mol. The number of carbonyl (C=O) groups excluding carboxylic acids is 2. The van der Waals surface area contributed by atoms with Gasteiger partial charge in [0.2, 0.25) is 5.91 Å². The molecule has 26 heavy (non-hydrogen) atoms. The van der Waals surface area contributed by atoms with Crippen LogP contribution >= 0.6 is 0 Å². The van der Waals surface area contributed by atoms with Gasteiger partial charge >= 0.3 is 5.97 Å². The maximum atomic E-state index is 12.6. The Bertz CT molecular complexity index is 830. The molecule has 0 atom stereocenters.